The summed E-state index contributed by atoms with van der Waals surface area (Å²) in [5, 5.41) is 19.2. The molecule has 0 aromatic carbocycles. The van der Waals surface area contributed by atoms with Crippen molar-refractivity contribution in [3.63, 3.8) is 0 Å². The molecule has 3 heteroatoms. The number of nitrogens with zero attached hydrogens (tertiary/aromatic N) is 1. The first-order chi connectivity index (χ1) is 7.56. The molecular weight excluding hydrogens is 202 g/mol. The van der Waals surface area contributed by atoms with E-state index in [1.54, 1.807) is 0 Å². The van der Waals surface area contributed by atoms with Crippen LogP contribution in [-0.2, 0) is 0 Å². The Balaban J connectivity index is 2.53. The molecule has 1 aliphatic rings. The summed E-state index contributed by atoms with van der Waals surface area (Å²) in [6.45, 7) is 9.58. The van der Waals surface area contributed by atoms with E-state index in [-0.39, 0.29) is 18.1 Å². The van der Waals surface area contributed by atoms with Gasteiger partial charge in [-0.05, 0) is 25.2 Å². The van der Waals surface area contributed by atoms with Crippen molar-refractivity contribution >= 4 is 0 Å². The van der Waals surface area contributed by atoms with Gasteiger partial charge in [0.15, 0.2) is 0 Å². The highest BCUT2D eigenvalue weighted by Gasteiger charge is 2.31. The molecular formula is C13H27NO2. The monoisotopic (exact) mass is 229 g/mol. The quantitative estimate of drug-likeness (QED) is 0.750. The summed E-state index contributed by atoms with van der Waals surface area (Å²) in [5.74, 6) is 0.360. The molecule has 2 atom stereocenters. The van der Waals surface area contributed by atoms with Gasteiger partial charge in [-0.15, -0.1) is 0 Å². The van der Waals surface area contributed by atoms with Gasteiger partial charge in [-0.2, -0.15) is 0 Å². The van der Waals surface area contributed by atoms with Gasteiger partial charge < -0.3 is 15.1 Å². The van der Waals surface area contributed by atoms with E-state index in [0.717, 1.165) is 38.9 Å². The summed E-state index contributed by atoms with van der Waals surface area (Å²) in [4.78, 5) is 2.40. The highest BCUT2D eigenvalue weighted by molar-refractivity contribution is 4.84. The first-order valence-electron chi connectivity index (χ1n) is 6.58. The molecule has 0 aliphatic carbocycles. The molecule has 0 aromatic heterocycles. The van der Waals surface area contributed by atoms with Gasteiger partial charge in [0.25, 0.3) is 0 Å². The van der Waals surface area contributed by atoms with Gasteiger partial charge in [-0.3, -0.25) is 0 Å². The second-order valence-corrected chi connectivity index (χ2v) is 5.43. The van der Waals surface area contributed by atoms with Crippen LogP contribution in [-0.4, -0.2) is 47.5 Å². The zero-order valence-corrected chi connectivity index (χ0v) is 10.9. The third-order valence-corrected chi connectivity index (χ3v) is 4.34. The third-order valence-electron chi connectivity index (χ3n) is 4.34. The zero-order valence-electron chi connectivity index (χ0n) is 10.9. The van der Waals surface area contributed by atoms with E-state index in [1.807, 2.05) is 0 Å². The van der Waals surface area contributed by atoms with Gasteiger partial charge in [0.2, 0.25) is 0 Å². The van der Waals surface area contributed by atoms with Crippen LogP contribution in [0.3, 0.4) is 0 Å². The second-order valence-electron chi connectivity index (χ2n) is 5.43. The predicted molar refractivity (Wildman–Crippen MR) is 66.3 cm³/mol. The van der Waals surface area contributed by atoms with E-state index in [0.29, 0.717) is 5.92 Å². The van der Waals surface area contributed by atoms with Crippen molar-refractivity contribution in [1.82, 2.24) is 4.90 Å². The van der Waals surface area contributed by atoms with E-state index in [1.165, 1.54) is 0 Å². The maximum Gasteiger partial charge on any atom is 0.0590 e. The van der Waals surface area contributed by atoms with Crippen molar-refractivity contribution in [2.24, 2.45) is 11.3 Å². The van der Waals surface area contributed by atoms with Crippen LogP contribution in [0.25, 0.3) is 0 Å². The van der Waals surface area contributed by atoms with E-state index in [4.69, 9.17) is 0 Å². The van der Waals surface area contributed by atoms with E-state index >= 15 is 0 Å². The van der Waals surface area contributed by atoms with Crippen LogP contribution >= 0.6 is 0 Å². The van der Waals surface area contributed by atoms with Crippen molar-refractivity contribution in [3.05, 3.63) is 0 Å². The first kappa shape index (κ1) is 13.9. The van der Waals surface area contributed by atoms with E-state index in [2.05, 4.69) is 25.7 Å². The molecule has 1 saturated heterocycles. The molecule has 0 spiro atoms. The summed E-state index contributed by atoms with van der Waals surface area (Å²) in [7, 11) is 0. The standard InChI is InChI=1S/C13H27NO2/c1-4-13(5-2,10-15)9-14-7-6-12(16)11(3)8-14/h11-12,15-16H,4-10H2,1-3H3. The fraction of sp³-hybridized carbons (Fsp3) is 1.00. The Morgan fingerprint density at radius 3 is 2.38 bits per heavy atom. The number of aliphatic hydroxyl groups is 2. The van der Waals surface area contributed by atoms with Crippen molar-refractivity contribution in [1.29, 1.82) is 0 Å². The van der Waals surface area contributed by atoms with Gasteiger partial charge in [0.1, 0.15) is 0 Å². The summed E-state index contributed by atoms with van der Waals surface area (Å²) < 4.78 is 0. The van der Waals surface area contributed by atoms with Crippen molar-refractivity contribution in [3.8, 4) is 0 Å². The number of piperidine rings is 1. The van der Waals surface area contributed by atoms with Crippen LogP contribution in [0.15, 0.2) is 0 Å². The van der Waals surface area contributed by atoms with E-state index < -0.39 is 0 Å². The minimum absolute atomic E-state index is 0.0576. The number of hydrogen-bond acceptors (Lipinski definition) is 3. The molecule has 2 unspecified atom stereocenters. The lowest BCUT2D eigenvalue weighted by Gasteiger charge is -2.40. The minimum Gasteiger partial charge on any atom is -0.396 e. The van der Waals surface area contributed by atoms with Gasteiger partial charge in [-0.1, -0.05) is 20.8 Å². The Morgan fingerprint density at radius 1 is 1.31 bits per heavy atom. The lowest BCUT2D eigenvalue weighted by atomic mass is 9.81. The average Bonchev–Trinajstić information content (AvgIpc) is 2.31. The number of aliphatic hydroxyl groups excluding tert-OH is 2. The summed E-state index contributed by atoms with van der Waals surface area (Å²) >= 11 is 0. The Bertz CT molecular complexity index is 196. The Morgan fingerprint density at radius 2 is 1.94 bits per heavy atom. The molecule has 0 amide bonds. The van der Waals surface area contributed by atoms with E-state index in [9.17, 15) is 10.2 Å². The first-order valence-corrected chi connectivity index (χ1v) is 6.58. The van der Waals surface area contributed by atoms with Crippen LogP contribution < -0.4 is 0 Å². The molecule has 96 valence electrons. The molecule has 1 heterocycles. The SMILES string of the molecule is CCC(CC)(CO)CN1CCC(O)C(C)C1. The average molecular weight is 229 g/mol. The molecule has 16 heavy (non-hydrogen) atoms. The fourth-order valence-electron chi connectivity index (χ4n) is 2.58. The molecule has 1 fully saturated rings. The normalized spacial score (nSPS) is 28.3. The highest BCUT2D eigenvalue weighted by atomic mass is 16.3. The number of hydrogen-bond donors (Lipinski definition) is 2. The predicted octanol–water partition coefficient (Wildman–Crippen LogP) is 1.49. The zero-order chi connectivity index (χ0) is 12.2. The molecule has 3 nitrogen and oxygen atoms in total. The summed E-state index contributed by atoms with van der Waals surface area (Å²) in [6.07, 6.45) is 2.78. The smallest absolute Gasteiger partial charge is 0.0590 e. The Labute approximate surface area is 99.5 Å². The molecule has 0 saturated carbocycles. The van der Waals surface area contributed by atoms with Crippen LogP contribution in [0.4, 0.5) is 0 Å². The second kappa shape index (κ2) is 5.99. The van der Waals surface area contributed by atoms with Gasteiger partial charge >= 0.3 is 0 Å². The highest BCUT2D eigenvalue weighted by Crippen LogP contribution is 2.29. The molecule has 2 N–H and O–H groups in total. The topological polar surface area (TPSA) is 43.7 Å². The van der Waals surface area contributed by atoms with Gasteiger partial charge in [0.05, 0.1) is 6.10 Å². The van der Waals surface area contributed by atoms with Gasteiger partial charge in [0, 0.05) is 31.7 Å². The van der Waals surface area contributed by atoms with Crippen molar-refractivity contribution in [2.45, 2.75) is 46.1 Å². The molecule has 0 bridgehead atoms. The molecule has 1 aliphatic heterocycles. The van der Waals surface area contributed by atoms with Crippen molar-refractivity contribution < 1.29 is 10.2 Å². The third kappa shape index (κ3) is 3.19. The maximum absolute atomic E-state index is 9.69. The maximum atomic E-state index is 9.69. The number of likely N-dealkylation sites (tertiary alicyclic amines) is 1. The summed E-state index contributed by atoms with van der Waals surface area (Å²) in [5.41, 5.74) is 0.0576. The van der Waals surface area contributed by atoms with Crippen LogP contribution in [0.5, 0.6) is 0 Å². The van der Waals surface area contributed by atoms with Crippen molar-refractivity contribution in [2.75, 3.05) is 26.2 Å². The fourth-order valence-corrected chi connectivity index (χ4v) is 2.58. The molecule has 0 radical (unpaired) electrons. The molecule has 1 rings (SSSR count). The van der Waals surface area contributed by atoms with Gasteiger partial charge in [-0.25, -0.2) is 0 Å². The van der Waals surface area contributed by atoms with Crippen LogP contribution in [0, 0.1) is 11.3 Å². The van der Waals surface area contributed by atoms with Crippen LogP contribution in [0.1, 0.15) is 40.0 Å². The Kier molecular flexibility index (Phi) is 5.22. The number of rotatable bonds is 5. The Hall–Kier alpha value is -0.120. The minimum atomic E-state index is -0.136. The molecule has 0 aromatic rings. The lowest BCUT2D eigenvalue weighted by Crippen LogP contribution is -2.47. The largest absolute Gasteiger partial charge is 0.396 e. The lowest BCUT2D eigenvalue weighted by molar-refractivity contribution is 0.000404. The summed E-state index contributed by atoms with van der Waals surface area (Å²) in [6, 6.07) is 0. The van der Waals surface area contributed by atoms with Crippen LogP contribution in [0.2, 0.25) is 0 Å².